The van der Waals surface area contributed by atoms with E-state index in [-0.39, 0.29) is 52.2 Å². The van der Waals surface area contributed by atoms with Crippen LogP contribution in [0, 0.1) is 0 Å². The van der Waals surface area contributed by atoms with Crippen LogP contribution in [0.15, 0.2) is 78.9 Å². The lowest BCUT2D eigenvalue weighted by atomic mass is 9.98. The predicted molar refractivity (Wildman–Crippen MR) is 139 cm³/mol. The van der Waals surface area contributed by atoms with E-state index in [9.17, 15) is 14.4 Å². The fraction of sp³-hybridized carbons (Fsp3) is 0.276. The molecule has 0 aliphatic heterocycles. The third kappa shape index (κ3) is 7.64. The highest BCUT2D eigenvalue weighted by atomic mass is 16.6. The summed E-state index contributed by atoms with van der Waals surface area (Å²) >= 11 is 0. The average molecular weight is 519 g/mol. The molecule has 0 saturated carbocycles. The van der Waals surface area contributed by atoms with Crippen molar-refractivity contribution < 1.29 is 33.3 Å². The minimum Gasteiger partial charge on any atom is -0.459 e. The summed E-state index contributed by atoms with van der Waals surface area (Å²) in [5, 5.41) is 4.97. The number of alkyl carbamates (subject to hydrolysis) is 1. The number of hydrogen-bond acceptors (Lipinski definition) is 7. The second-order valence-corrected chi connectivity index (χ2v) is 8.53. The van der Waals surface area contributed by atoms with Gasteiger partial charge in [0.15, 0.2) is 0 Å². The number of amides is 2. The predicted octanol–water partition coefficient (Wildman–Crippen LogP) is 3.38. The summed E-state index contributed by atoms with van der Waals surface area (Å²) in [6.45, 7) is 0.198. The summed E-state index contributed by atoms with van der Waals surface area (Å²) in [4.78, 5) is 35.8. The minimum atomic E-state index is -0.671. The van der Waals surface area contributed by atoms with E-state index in [1.54, 1.807) is 0 Å². The monoisotopic (exact) mass is 518 g/mol. The number of carbonyl (C=O) groups is 3. The van der Waals surface area contributed by atoms with Crippen LogP contribution < -0.4 is 10.6 Å². The molecule has 4 rings (SSSR count). The number of fused-ring (bicyclic) bond motifs is 3. The van der Waals surface area contributed by atoms with Gasteiger partial charge in [0.05, 0.1) is 13.2 Å². The fourth-order valence-electron chi connectivity index (χ4n) is 4.12. The quantitative estimate of drug-likeness (QED) is 0.203. The van der Waals surface area contributed by atoms with Crippen molar-refractivity contribution in [1.82, 2.24) is 10.6 Å². The van der Waals surface area contributed by atoms with Gasteiger partial charge in [0.25, 0.3) is 0 Å². The first-order chi connectivity index (χ1) is 18.6. The molecule has 2 N–H and O–H groups in total. The summed E-state index contributed by atoms with van der Waals surface area (Å²) in [6, 6.07) is 25.5. The maximum atomic E-state index is 12.2. The Balaban J connectivity index is 1.04. The minimum absolute atomic E-state index is 0.0525. The zero-order valence-corrected chi connectivity index (χ0v) is 20.9. The van der Waals surface area contributed by atoms with Crippen LogP contribution in [0.1, 0.15) is 22.6 Å². The Labute approximate surface area is 221 Å². The van der Waals surface area contributed by atoms with Gasteiger partial charge in [-0.05, 0) is 27.8 Å². The van der Waals surface area contributed by atoms with Gasteiger partial charge < -0.3 is 29.6 Å². The van der Waals surface area contributed by atoms with E-state index in [2.05, 4.69) is 22.8 Å². The maximum absolute atomic E-state index is 12.2. The molecule has 0 aromatic heterocycles. The molecule has 3 aromatic rings. The van der Waals surface area contributed by atoms with Gasteiger partial charge in [-0.1, -0.05) is 78.9 Å². The molecule has 0 unspecified atom stereocenters. The first kappa shape index (κ1) is 26.8. The molecule has 0 heterocycles. The van der Waals surface area contributed by atoms with Gasteiger partial charge >= 0.3 is 12.1 Å². The molecule has 9 heteroatoms. The first-order valence-corrected chi connectivity index (χ1v) is 12.3. The summed E-state index contributed by atoms with van der Waals surface area (Å²) < 4.78 is 21.0. The molecule has 0 saturated heterocycles. The number of nitrogens with one attached hydrogen (secondary N) is 2. The molecule has 0 fully saturated rings. The van der Waals surface area contributed by atoms with Gasteiger partial charge in [-0.25, -0.2) is 9.59 Å². The van der Waals surface area contributed by atoms with Crippen molar-refractivity contribution in [1.29, 1.82) is 0 Å². The van der Waals surface area contributed by atoms with Crippen LogP contribution in [0.5, 0.6) is 0 Å². The Bertz CT molecular complexity index is 1190. The second kappa shape index (κ2) is 13.9. The highest BCUT2D eigenvalue weighted by Gasteiger charge is 2.29. The molecule has 9 nitrogen and oxygen atoms in total. The van der Waals surface area contributed by atoms with Gasteiger partial charge in [-0.15, -0.1) is 0 Å². The highest BCUT2D eigenvalue weighted by Crippen LogP contribution is 2.44. The van der Waals surface area contributed by atoms with Gasteiger partial charge in [-0.3, -0.25) is 4.79 Å². The molecule has 0 atom stereocenters. The number of hydrogen-bond donors (Lipinski definition) is 2. The Morgan fingerprint density at radius 3 is 2.05 bits per heavy atom. The lowest BCUT2D eigenvalue weighted by molar-refractivity contribution is -0.150. The van der Waals surface area contributed by atoms with Crippen molar-refractivity contribution in [2.75, 3.05) is 39.7 Å². The van der Waals surface area contributed by atoms with Crippen LogP contribution in [-0.2, 0) is 35.1 Å². The summed E-state index contributed by atoms with van der Waals surface area (Å²) in [5.74, 6) is -0.950. The van der Waals surface area contributed by atoms with Gasteiger partial charge in [0, 0.05) is 5.92 Å². The Morgan fingerprint density at radius 1 is 0.711 bits per heavy atom. The van der Waals surface area contributed by atoms with E-state index >= 15 is 0 Å². The number of benzene rings is 3. The van der Waals surface area contributed by atoms with Crippen molar-refractivity contribution >= 4 is 18.0 Å². The number of rotatable bonds is 13. The molecule has 0 radical (unpaired) electrons. The van der Waals surface area contributed by atoms with E-state index in [0.717, 1.165) is 27.8 Å². The van der Waals surface area contributed by atoms with Crippen LogP contribution in [0.3, 0.4) is 0 Å². The zero-order valence-electron chi connectivity index (χ0n) is 20.9. The standard InChI is InChI=1S/C29H30N2O7/c32-27(31-20-36-15-14-35-19-28(33)37-17-21-8-2-1-3-9-21)16-30-29(34)38-18-26-24-12-6-4-10-22(24)23-11-5-7-13-25(23)26/h1-13,26H,14-20H2,(H,30,34)(H,31,32). The van der Waals surface area contributed by atoms with Crippen LogP contribution in [0.2, 0.25) is 0 Å². The molecule has 38 heavy (non-hydrogen) atoms. The lowest BCUT2D eigenvalue weighted by Crippen LogP contribution is -2.38. The Kier molecular flexibility index (Phi) is 9.83. The molecule has 3 aromatic carbocycles. The summed E-state index contributed by atoms with van der Waals surface area (Å²) in [7, 11) is 0. The lowest BCUT2D eigenvalue weighted by Gasteiger charge is -2.14. The van der Waals surface area contributed by atoms with Crippen LogP contribution >= 0.6 is 0 Å². The van der Waals surface area contributed by atoms with E-state index < -0.39 is 18.0 Å². The fourth-order valence-corrected chi connectivity index (χ4v) is 4.12. The van der Waals surface area contributed by atoms with E-state index in [0.29, 0.717) is 0 Å². The third-order valence-electron chi connectivity index (χ3n) is 5.94. The van der Waals surface area contributed by atoms with Gasteiger partial charge in [-0.2, -0.15) is 0 Å². The molecule has 2 amide bonds. The second-order valence-electron chi connectivity index (χ2n) is 8.53. The molecule has 0 bridgehead atoms. The SMILES string of the molecule is O=C(CNC(=O)OCC1c2ccccc2-c2ccccc21)NCOCCOCC(=O)OCc1ccccc1. The maximum Gasteiger partial charge on any atom is 0.407 e. The van der Waals surface area contributed by atoms with E-state index in [1.807, 2.05) is 66.7 Å². The van der Waals surface area contributed by atoms with Crippen LogP contribution in [0.4, 0.5) is 4.79 Å². The van der Waals surface area contributed by atoms with Gasteiger partial charge in [0.1, 0.15) is 33.1 Å². The average Bonchev–Trinajstić information content (AvgIpc) is 3.27. The Hall–Kier alpha value is -4.21. The number of carbonyl (C=O) groups excluding carboxylic acids is 3. The van der Waals surface area contributed by atoms with Crippen molar-refractivity contribution in [2.45, 2.75) is 12.5 Å². The molecular weight excluding hydrogens is 488 g/mol. The molecule has 1 aliphatic carbocycles. The molecular formula is C29H30N2O7. The Morgan fingerprint density at radius 2 is 1.34 bits per heavy atom. The first-order valence-electron chi connectivity index (χ1n) is 12.3. The van der Waals surface area contributed by atoms with Crippen molar-refractivity contribution in [3.05, 3.63) is 95.6 Å². The molecule has 1 aliphatic rings. The highest BCUT2D eigenvalue weighted by molar-refractivity contribution is 5.82. The number of ether oxygens (including phenoxy) is 4. The van der Waals surface area contributed by atoms with Crippen LogP contribution in [0.25, 0.3) is 11.1 Å². The normalized spacial score (nSPS) is 11.8. The van der Waals surface area contributed by atoms with Crippen molar-refractivity contribution in [2.24, 2.45) is 0 Å². The largest absolute Gasteiger partial charge is 0.459 e. The number of esters is 1. The third-order valence-corrected chi connectivity index (χ3v) is 5.94. The van der Waals surface area contributed by atoms with E-state index in [1.165, 1.54) is 0 Å². The summed E-state index contributed by atoms with van der Waals surface area (Å²) in [6.07, 6.45) is -0.671. The van der Waals surface area contributed by atoms with Crippen molar-refractivity contribution in [3.8, 4) is 11.1 Å². The van der Waals surface area contributed by atoms with Gasteiger partial charge in [0.2, 0.25) is 5.91 Å². The summed E-state index contributed by atoms with van der Waals surface area (Å²) in [5.41, 5.74) is 5.41. The molecule has 198 valence electrons. The zero-order chi connectivity index (χ0) is 26.6. The van der Waals surface area contributed by atoms with Crippen LogP contribution in [-0.4, -0.2) is 57.7 Å². The smallest absolute Gasteiger partial charge is 0.407 e. The van der Waals surface area contributed by atoms with E-state index in [4.69, 9.17) is 18.9 Å². The topological polar surface area (TPSA) is 112 Å². The van der Waals surface area contributed by atoms with Crippen molar-refractivity contribution in [3.63, 3.8) is 0 Å². The molecule has 0 spiro atoms.